The van der Waals surface area contributed by atoms with Gasteiger partial charge in [-0.25, -0.2) is 0 Å². The number of para-hydroxylation sites is 1. The van der Waals surface area contributed by atoms with Crippen LogP contribution in [-0.4, -0.2) is 24.8 Å². The van der Waals surface area contributed by atoms with Crippen molar-refractivity contribution >= 4 is 53.4 Å². The van der Waals surface area contributed by atoms with Crippen LogP contribution in [0.5, 0.6) is 0 Å². The van der Waals surface area contributed by atoms with Gasteiger partial charge in [-0.2, -0.15) is 0 Å². The number of rotatable bonds is 10. The van der Waals surface area contributed by atoms with Crippen molar-refractivity contribution in [3.05, 3.63) is 105 Å². The van der Waals surface area contributed by atoms with Gasteiger partial charge in [0, 0.05) is 50.8 Å². The van der Waals surface area contributed by atoms with Crippen LogP contribution in [0.3, 0.4) is 0 Å². The number of ether oxygens (including phenoxy) is 1. The third kappa shape index (κ3) is 5.57. The minimum atomic E-state index is -1.91. The predicted octanol–water partition coefficient (Wildman–Crippen LogP) is 12.2. The van der Waals surface area contributed by atoms with E-state index < -0.39 is 8.07 Å². The van der Waals surface area contributed by atoms with Crippen molar-refractivity contribution in [1.29, 1.82) is 0 Å². The maximum Gasteiger partial charge on any atom is 0.0758 e. The summed E-state index contributed by atoms with van der Waals surface area (Å²) < 4.78 is 8.35. The van der Waals surface area contributed by atoms with Gasteiger partial charge in [0.25, 0.3) is 0 Å². The molecule has 0 fully saturated rings. The second-order valence-corrected chi connectivity index (χ2v) is 21.1. The fourth-order valence-corrected chi connectivity index (χ4v) is 16.0. The van der Waals surface area contributed by atoms with Crippen molar-refractivity contribution in [1.82, 2.24) is 4.57 Å². The van der Waals surface area contributed by atoms with E-state index in [0.717, 1.165) is 13.0 Å². The summed E-state index contributed by atoms with van der Waals surface area (Å²) in [6.45, 7) is 14.8. The van der Waals surface area contributed by atoms with E-state index >= 15 is 0 Å². The number of thiophene rings is 1. The number of aryl methyl sites for hydroxylation is 2. The maximum absolute atomic E-state index is 6.02. The highest BCUT2D eigenvalue weighted by atomic mass is 32.1. The lowest BCUT2D eigenvalue weighted by Crippen LogP contribution is -2.44. The minimum absolute atomic E-state index is 0.0456. The average Bonchev–Trinajstić information content (AvgIpc) is 3.76. The average molecular weight is 644 g/mol. The second-order valence-electron chi connectivity index (χ2n) is 15.1. The van der Waals surface area contributed by atoms with Crippen LogP contribution in [0.4, 0.5) is 0 Å². The van der Waals surface area contributed by atoms with E-state index in [1.807, 2.05) is 0 Å². The first-order valence-corrected chi connectivity index (χ1v) is 20.9. The quantitative estimate of drug-likeness (QED) is 0.109. The lowest BCUT2D eigenvalue weighted by Gasteiger charge is -2.40. The molecule has 0 bridgehead atoms. The summed E-state index contributed by atoms with van der Waals surface area (Å²) in [5, 5.41) is 2.67. The number of fused-ring (bicyclic) bond motifs is 5. The van der Waals surface area contributed by atoms with Crippen LogP contribution in [0.25, 0.3) is 45.1 Å². The van der Waals surface area contributed by atoms with E-state index in [4.69, 9.17) is 4.74 Å². The Morgan fingerprint density at radius 2 is 1.65 bits per heavy atom. The molecule has 7 rings (SSSR count). The van der Waals surface area contributed by atoms with Gasteiger partial charge in [0.05, 0.1) is 13.7 Å². The number of hydrogen-bond acceptors (Lipinski definition) is 2. The van der Waals surface area contributed by atoms with Crippen molar-refractivity contribution in [2.24, 2.45) is 7.05 Å². The molecular weight excluding hydrogens is 595 g/mol. The number of benzene rings is 3. The van der Waals surface area contributed by atoms with Crippen LogP contribution in [0, 0.1) is 6.92 Å². The molecule has 4 heteroatoms. The normalized spacial score (nSPS) is 18.7. The lowest BCUT2D eigenvalue weighted by atomic mass is 9.96. The Morgan fingerprint density at radius 3 is 2.48 bits per heavy atom. The first kappa shape index (κ1) is 31.4. The summed E-state index contributed by atoms with van der Waals surface area (Å²) in [5.74, 6) is 0. The molecule has 5 aromatic rings. The Labute approximate surface area is 280 Å². The molecule has 2 nitrogen and oxygen atoms in total. The largest absolute Gasteiger partial charge is 0.376 e. The summed E-state index contributed by atoms with van der Waals surface area (Å²) in [4.78, 5) is 3.09. The summed E-state index contributed by atoms with van der Waals surface area (Å²) in [5.41, 5.74) is 12.4. The molecule has 0 saturated carbocycles. The highest BCUT2D eigenvalue weighted by Gasteiger charge is 2.48. The molecule has 0 amide bonds. The second kappa shape index (κ2) is 12.1. The van der Waals surface area contributed by atoms with E-state index in [9.17, 15) is 0 Å². The Kier molecular flexibility index (Phi) is 8.28. The van der Waals surface area contributed by atoms with Crippen LogP contribution in [0.15, 0.2) is 78.4 Å². The first-order chi connectivity index (χ1) is 22.0. The monoisotopic (exact) mass is 643 g/mol. The van der Waals surface area contributed by atoms with Gasteiger partial charge >= 0.3 is 0 Å². The van der Waals surface area contributed by atoms with Gasteiger partial charge in [-0.05, 0) is 98.7 Å². The van der Waals surface area contributed by atoms with Crippen molar-refractivity contribution < 1.29 is 4.74 Å². The maximum atomic E-state index is 6.02. The van der Waals surface area contributed by atoms with Gasteiger partial charge in [-0.15, -0.1) is 11.3 Å². The third-order valence-corrected chi connectivity index (χ3v) is 17.4. The number of aromatic nitrogens is 1. The van der Waals surface area contributed by atoms with Gasteiger partial charge in [0.1, 0.15) is 0 Å². The Bertz CT molecular complexity index is 1980. The fraction of sp³-hybridized carbons (Fsp3) is 0.381. The van der Waals surface area contributed by atoms with Crippen LogP contribution in [0.2, 0.25) is 12.6 Å². The van der Waals surface area contributed by atoms with Crippen molar-refractivity contribution in [3.63, 3.8) is 0 Å². The Morgan fingerprint density at radius 1 is 0.870 bits per heavy atom. The van der Waals surface area contributed by atoms with Crippen LogP contribution >= 0.6 is 11.3 Å². The molecule has 2 heterocycles. The molecule has 3 aromatic carbocycles. The van der Waals surface area contributed by atoms with Crippen molar-refractivity contribution in [2.75, 3.05) is 6.61 Å². The lowest BCUT2D eigenvalue weighted by molar-refractivity contribution is -0.00471. The van der Waals surface area contributed by atoms with Crippen LogP contribution in [-0.2, 0) is 11.8 Å². The fourth-order valence-electron chi connectivity index (χ4n) is 8.56. The topological polar surface area (TPSA) is 14.2 Å². The van der Waals surface area contributed by atoms with E-state index in [0.29, 0.717) is 11.1 Å². The van der Waals surface area contributed by atoms with Gasteiger partial charge in [0.2, 0.25) is 0 Å². The van der Waals surface area contributed by atoms with Gasteiger partial charge in [-0.1, -0.05) is 98.1 Å². The molecule has 0 aliphatic heterocycles. The molecule has 0 saturated heterocycles. The molecule has 0 radical (unpaired) electrons. The van der Waals surface area contributed by atoms with E-state index in [-0.39, 0.29) is 5.60 Å². The molecule has 0 spiro atoms. The molecule has 2 aliphatic carbocycles. The van der Waals surface area contributed by atoms with E-state index in [2.05, 4.69) is 149 Å². The summed E-state index contributed by atoms with van der Waals surface area (Å²) in [7, 11) is 0.270. The highest BCUT2D eigenvalue weighted by Crippen LogP contribution is 2.54. The standard InChI is InChI=1S/C42H49NOSSi/c1-28-25-31-26-29(2)45-40(31)41(28)46(7,24-13-9-8-12-23-44-42(3,4)5)39-22-20-33-32(16-14-17-35(33)39)30-19-21-38-36(27-30)34-15-10-11-18-37(34)43(38)6/h10-11,14-22,25-27,39,41H,8-9,12-13,23-24H2,1-7H3. The number of nitrogens with zero attached hydrogens (tertiary/aromatic N) is 1. The van der Waals surface area contributed by atoms with Crippen LogP contribution in [0.1, 0.15) is 90.9 Å². The van der Waals surface area contributed by atoms with E-state index in [1.165, 1.54) is 74.2 Å². The smallest absolute Gasteiger partial charge is 0.0758 e. The molecule has 2 aliphatic rings. The molecule has 3 atom stereocenters. The Hall–Kier alpha value is -3.18. The Balaban J connectivity index is 1.22. The molecule has 238 valence electrons. The first-order valence-electron chi connectivity index (χ1n) is 17.3. The minimum Gasteiger partial charge on any atom is -0.376 e. The molecule has 46 heavy (non-hydrogen) atoms. The van der Waals surface area contributed by atoms with Gasteiger partial charge in [0.15, 0.2) is 0 Å². The summed E-state index contributed by atoms with van der Waals surface area (Å²) in [6.07, 6.45) is 12.6. The summed E-state index contributed by atoms with van der Waals surface area (Å²) in [6, 6.07) is 26.8. The van der Waals surface area contributed by atoms with Crippen LogP contribution < -0.4 is 0 Å². The van der Waals surface area contributed by atoms with Crippen molar-refractivity contribution in [3.8, 4) is 11.1 Å². The van der Waals surface area contributed by atoms with Gasteiger partial charge in [-0.3, -0.25) is 0 Å². The number of allylic oxidation sites excluding steroid dienone is 2. The summed E-state index contributed by atoms with van der Waals surface area (Å²) >= 11 is 2.05. The van der Waals surface area contributed by atoms with Crippen molar-refractivity contribution in [2.45, 2.75) is 89.6 Å². The SMILES string of the molecule is CC1=Cc2cc(C)sc2C1[Si](C)(CCCCCCOC(C)(C)C)C1C=Cc2c(-c3ccc4c(c3)c3ccccc3n4C)cccc21. The molecular formula is C42H49NOSSi. The zero-order valence-electron chi connectivity index (χ0n) is 28.7. The third-order valence-electron chi connectivity index (χ3n) is 10.7. The van der Waals surface area contributed by atoms with Gasteiger partial charge < -0.3 is 9.30 Å². The molecule has 0 N–H and O–H groups in total. The number of hydrogen-bond donors (Lipinski definition) is 0. The molecule has 3 unspecified atom stereocenters. The number of unbranched alkanes of at least 4 members (excludes halogenated alkanes) is 3. The predicted molar refractivity (Wildman–Crippen MR) is 204 cm³/mol. The van der Waals surface area contributed by atoms with E-state index in [1.54, 1.807) is 16.0 Å². The zero-order valence-corrected chi connectivity index (χ0v) is 30.6. The highest BCUT2D eigenvalue weighted by molar-refractivity contribution is 7.13. The molecule has 2 aromatic heterocycles. The zero-order chi connectivity index (χ0) is 32.2.